The molecule has 5 rings (SSSR count). The zero-order valence-electron chi connectivity index (χ0n) is 20.4. The van der Waals surface area contributed by atoms with E-state index in [1.54, 1.807) is 6.07 Å². The highest BCUT2D eigenvalue weighted by molar-refractivity contribution is 7.59. The Labute approximate surface area is 209 Å². The molecule has 0 amide bonds. The summed E-state index contributed by atoms with van der Waals surface area (Å²) in [7, 11) is -0.387. The molecule has 1 aliphatic carbocycles. The Kier molecular flexibility index (Phi) is 6.40. The molecule has 180 valence electrons. The molecule has 1 nitrogen and oxygen atoms in total. The van der Waals surface area contributed by atoms with Crippen LogP contribution in [0.15, 0.2) is 96.6 Å². The highest BCUT2D eigenvalue weighted by Gasteiger charge is 2.44. The van der Waals surface area contributed by atoms with Crippen LogP contribution in [0, 0.1) is 11.6 Å². The third-order valence-corrected chi connectivity index (χ3v) is 11.2. The molecule has 0 bridgehead atoms. The molecule has 2 fully saturated rings. The lowest BCUT2D eigenvalue weighted by molar-refractivity contribution is 0.372. The van der Waals surface area contributed by atoms with Gasteiger partial charge in [0.2, 0.25) is 0 Å². The Morgan fingerprint density at radius 2 is 1.89 bits per heavy atom. The van der Waals surface area contributed by atoms with Gasteiger partial charge < -0.3 is 4.90 Å². The average molecular weight is 488 g/mol. The summed E-state index contributed by atoms with van der Waals surface area (Å²) in [6, 6.07) is 12.2. The predicted octanol–water partition coefficient (Wildman–Crippen LogP) is 8.01. The average Bonchev–Trinajstić information content (AvgIpc) is 3.12. The Balaban J connectivity index is 1.40. The molecular formula is C31H32F2NP. The molecule has 0 N–H and O–H groups in total. The summed E-state index contributed by atoms with van der Waals surface area (Å²) in [5.74, 6) is -0.391. The van der Waals surface area contributed by atoms with Crippen LogP contribution in [0.5, 0.6) is 0 Å². The van der Waals surface area contributed by atoms with Crippen molar-refractivity contribution < 1.29 is 8.78 Å². The van der Waals surface area contributed by atoms with E-state index in [4.69, 9.17) is 0 Å². The van der Waals surface area contributed by atoms with Gasteiger partial charge in [0.05, 0.1) is 0 Å². The van der Waals surface area contributed by atoms with Gasteiger partial charge in [-0.25, -0.2) is 8.78 Å². The van der Waals surface area contributed by atoms with Crippen molar-refractivity contribution in [2.45, 2.75) is 37.5 Å². The van der Waals surface area contributed by atoms with Gasteiger partial charge in [-0.1, -0.05) is 76.6 Å². The summed E-state index contributed by atoms with van der Waals surface area (Å²) >= 11 is 0. The minimum Gasteiger partial charge on any atom is -0.363 e. The molecule has 2 aromatic carbocycles. The van der Waals surface area contributed by atoms with Gasteiger partial charge in [-0.2, -0.15) is 0 Å². The Hall–Kier alpha value is -2.77. The number of hydrogen-bond donors (Lipinski definition) is 0. The minimum atomic E-state index is -0.387. The molecule has 2 saturated heterocycles. The smallest absolute Gasteiger partial charge is 0.132 e. The number of likely N-dealkylation sites (tertiary alicyclic amines) is 1. The van der Waals surface area contributed by atoms with E-state index < -0.39 is 0 Å². The first-order chi connectivity index (χ1) is 16.8. The van der Waals surface area contributed by atoms with E-state index in [0.29, 0.717) is 5.56 Å². The van der Waals surface area contributed by atoms with Gasteiger partial charge >= 0.3 is 0 Å². The summed E-state index contributed by atoms with van der Waals surface area (Å²) in [6.45, 7) is 16.3. The van der Waals surface area contributed by atoms with Crippen molar-refractivity contribution in [3.8, 4) is 0 Å². The van der Waals surface area contributed by atoms with Gasteiger partial charge in [-0.15, -0.1) is 0 Å². The van der Waals surface area contributed by atoms with E-state index in [9.17, 15) is 4.39 Å². The van der Waals surface area contributed by atoms with E-state index in [0.717, 1.165) is 67.1 Å². The Bertz CT molecular complexity index is 1260. The van der Waals surface area contributed by atoms with Crippen molar-refractivity contribution in [2.24, 2.45) is 0 Å². The molecule has 0 saturated carbocycles. The topological polar surface area (TPSA) is 3.24 Å². The molecule has 35 heavy (non-hydrogen) atoms. The van der Waals surface area contributed by atoms with Crippen LogP contribution < -0.4 is 0 Å². The van der Waals surface area contributed by atoms with E-state index >= 15 is 4.39 Å². The Morgan fingerprint density at radius 1 is 1.14 bits per heavy atom. The predicted molar refractivity (Wildman–Crippen MR) is 145 cm³/mol. The highest BCUT2D eigenvalue weighted by atomic mass is 31.1. The van der Waals surface area contributed by atoms with Crippen molar-refractivity contribution in [3.05, 3.63) is 125 Å². The number of benzene rings is 2. The van der Waals surface area contributed by atoms with Crippen LogP contribution in [0.1, 0.15) is 36.5 Å². The first-order valence-electron chi connectivity index (χ1n) is 12.2. The summed E-state index contributed by atoms with van der Waals surface area (Å²) in [6.07, 6.45) is 9.24. The van der Waals surface area contributed by atoms with Crippen LogP contribution in [0.25, 0.3) is 5.70 Å². The summed E-state index contributed by atoms with van der Waals surface area (Å²) in [4.78, 5) is 2.11. The standard InChI is InChI=1S/C31H32F2NP/c1-5-24-17-31(4)27(16-26(24)15-23-9-11-28(32)12-10-23)13-14-35(31)20-25-7-6-8-29(33)30(25)22(3)34-18-21(2)19-34/h5-12,16H,1-3,13-15,17-20H2,4H3. The monoisotopic (exact) mass is 487 g/mol. The maximum absolute atomic E-state index is 15.1. The fraction of sp³-hybridized carbons (Fsp3) is 0.290. The van der Waals surface area contributed by atoms with Gasteiger partial charge in [0.1, 0.15) is 11.6 Å². The van der Waals surface area contributed by atoms with Crippen LogP contribution in [-0.4, -0.2) is 29.3 Å². The molecule has 2 heterocycles. The minimum absolute atomic E-state index is 0.0844. The largest absolute Gasteiger partial charge is 0.363 e. The molecule has 4 heteroatoms. The Morgan fingerprint density at radius 3 is 2.57 bits per heavy atom. The first kappa shape index (κ1) is 23.9. The molecule has 0 spiro atoms. The van der Waals surface area contributed by atoms with Crippen molar-refractivity contribution in [2.75, 3.05) is 19.3 Å². The van der Waals surface area contributed by atoms with Crippen LogP contribution >= 0.6 is 7.92 Å². The fourth-order valence-corrected chi connectivity index (χ4v) is 8.89. The van der Waals surface area contributed by atoms with Gasteiger partial charge in [0.15, 0.2) is 0 Å². The van der Waals surface area contributed by atoms with Crippen molar-refractivity contribution in [1.82, 2.24) is 4.90 Å². The van der Waals surface area contributed by atoms with Crippen LogP contribution in [0.3, 0.4) is 0 Å². The summed E-state index contributed by atoms with van der Waals surface area (Å²) in [5.41, 5.74) is 8.86. The van der Waals surface area contributed by atoms with Crippen LogP contribution in [0.2, 0.25) is 0 Å². The lowest BCUT2D eigenvalue weighted by atomic mass is 9.81. The second-order valence-corrected chi connectivity index (χ2v) is 13.0. The number of nitrogens with zero attached hydrogens (tertiary/aromatic N) is 1. The molecule has 0 radical (unpaired) electrons. The number of halogens is 2. The van der Waals surface area contributed by atoms with Gasteiger partial charge in [0, 0.05) is 29.5 Å². The molecule has 3 aliphatic rings. The second kappa shape index (κ2) is 9.36. The summed E-state index contributed by atoms with van der Waals surface area (Å²) in [5, 5.41) is 0.0844. The maximum atomic E-state index is 15.1. The molecular weight excluding hydrogens is 455 g/mol. The van der Waals surface area contributed by atoms with Crippen molar-refractivity contribution in [3.63, 3.8) is 0 Å². The van der Waals surface area contributed by atoms with Crippen LogP contribution in [-0.2, 0) is 12.6 Å². The van der Waals surface area contributed by atoms with E-state index in [-0.39, 0.29) is 24.7 Å². The molecule has 2 aliphatic heterocycles. The molecule has 2 unspecified atom stereocenters. The number of hydrogen-bond acceptors (Lipinski definition) is 1. The lowest BCUT2D eigenvalue weighted by Crippen LogP contribution is -2.38. The molecule has 0 aromatic heterocycles. The van der Waals surface area contributed by atoms with Crippen LogP contribution in [0.4, 0.5) is 8.78 Å². The van der Waals surface area contributed by atoms with Crippen molar-refractivity contribution in [1.29, 1.82) is 0 Å². The number of rotatable bonds is 7. The van der Waals surface area contributed by atoms with Gasteiger partial charge in [0.25, 0.3) is 0 Å². The van der Waals surface area contributed by atoms with Gasteiger partial charge in [-0.3, -0.25) is 0 Å². The SMILES string of the molecule is C=CC1=C(Cc2ccc(F)cc2)C=C2CCP(Cc3cccc(F)c3C(=C)N3CC(=C)C3)C2(C)C1. The highest BCUT2D eigenvalue weighted by Crippen LogP contribution is 2.66. The zero-order valence-corrected chi connectivity index (χ0v) is 21.3. The maximum Gasteiger partial charge on any atom is 0.132 e. The molecule has 2 atom stereocenters. The normalized spacial score (nSPS) is 23.6. The second-order valence-electron chi connectivity index (χ2n) is 10.2. The van der Waals surface area contributed by atoms with E-state index in [2.05, 4.69) is 43.7 Å². The third-order valence-electron chi connectivity index (χ3n) is 7.85. The third kappa shape index (κ3) is 4.47. The zero-order chi connectivity index (χ0) is 24.7. The quantitative estimate of drug-likeness (QED) is 0.282. The van der Waals surface area contributed by atoms with Gasteiger partial charge in [-0.05, 0) is 77.6 Å². The fourth-order valence-electron chi connectivity index (χ4n) is 5.73. The lowest BCUT2D eigenvalue weighted by Gasteiger charge is -2.39. The summed E-state index contributed by atoms with van der Waals surface area (Å²) < 4.78 is 28.4. The number of fused-ring (bicyclic) bond motifs is 1. The molecule has 2 aromatic rings. The van der Waals surface area contributed by atoms with Crippen molar-refractivity contribution >= 4 is 13.6 Å². The first-order valence-corrected chi connectivity index (χ1v) is 13.9. The van der Waals surface area contributed by atoms with E-state index in [1.807, 2.05) is 24.3 Å². The number of allylic oxidation sites excluding steroid dienone is 5. The van der Waals surface area contributed by atoms with E-state index in [1.165, 1.54) is 28.9 Å².